The molecule has 2 atom stereocenters. The molecule has 1 fully saturated rings. The second-order valence-electron chi connectivity index (χ2n) is 5.99. The van der Waals surface area contributed by atoms with E-state index in [1.165, 1.54) is 18.5 Å². The van der Waals surface area contributed by atoms with Crippen LogP contribution in [-0.2, 0) is 6.54 Å². The van der Waals surface area contributed by atoms with E-state index in [-0.39, 0.29) is 0 Å². The molecule has 1 aliphatic carbocycles. The number of nitrogens with two attached hydrogens (primary N) is 1. The minimum absolute atomic E-state index is 0.312. The first kappa shape index (κ1) is 13.0. The molecule has 0 radical (unpaired) electrons. The van der Waals surface area contributed by atoms with Crippen molar-refractivity contribution in [2.75, 3.05) is 13.6 Å². The van der Waals surface area contributed by atoms with Crippen LogP contribution < -0.4 is 5.73 Å². The number of thiazole rings is 1. The van der Waals surface area contributed by atoms with E-state index in [1.54, 1.807) is 11.3 Å². The molecule has 1 heterocycles. The summed E-state index contributed by atoms with van der Waals surface area (Å²) in [5, 5.41) is 2.12. The topological polar surface area (TPSA) is 42.2 Å². The maximum absolute atomic E-state index is 6.34. The molecule has 17 heavy (non-hydrogen) atoms. The first-order chi connectivity index (χ1) is 7.99. The van der Waals surface area contributed by atoms with Crippen LogP contribution in [0.4, 0.5) is 0 Å². The van der Waals surface area contributed by atoms with Gasteiger partial charge in [0.1, 0.15) is 0 Å². The molecule has 2 N–H and O–H groups in total. The second kappa shape index (κ2) is 5.04. The molecular formula is C13H23N3S. The van der Waals surface area contributed by atoms with Gasteiger partial charge in [0.2, 0.25) is 0 Å². The maximum atomic E-state index is 6.34. The Kier molecular flexibility index (Phi) is 3.85. The third-order valence-corrected chi connectivity index (χ3v) is 4.67. The summed E-state index contributed by atoms with van der Waals surface area (Å²) in [5.74, 6) is 0.633. The van der Waals surface area contributed by atoms with E-state index in [0.29, 0.717) is 17.4 Å². The maximum Gasteiger partial charge on any atom is 0.0795 e. The largest absolute Gasteiger partial charge is 0.327 e. The Bertz CT molecular complexity index is 348. The summed E-state index contributed by atoms with van der Waals surface area (Å²) >= 11 is 1.66. The van der Waals surface area contributed by atoms with Gasteiger partial charge in [-0.2, -0.15) is 0 Å². The fourth-order valence-electron chi connectivity index (χ4n) is 2.80. The minimum atomic E-state index is 0.312. The lowest BCUT2D eigenvalue weighted by atomic mass is 9.85. The molecule has 2 rings (SSSR count). The van der Waals surface area contributed by atoms with Crippen LogP contribution in [0.3, 0.4) is 0 Å². The zero-order chi connectivity index (χ0) is 12.5. The van der Waals surface area contributed by atoms with Gasteiger partial charge < -0.3 is 10.6 Å². The molecule has 1 aromatic rings. The molecule has 0 saturated heterocycles. The molecule has 1 aliphatic rings. The Morgan fingerprint density at radius 2 is 2.35 bits per heavy atom. The zero-order valence-electron chi connectivity index (χ0n) is 11.0. The van der Waals surface area contributed by atoms with Gasteiger partial charge in [-0.15, -0.1) is 11.3 Å². The number of aromatic nitrogens is 1. The predicted molar refractivity (Wildman–Crippen MR) is 72.9 cm³/mol. The van der Waals surface area contributed by atoms with Crippen molar-refractivity contribution in [2.45, 2.75) is 39.3 Å². The summed E-state index contributed by atoms with van der Waals surface area (Å²) in [7, 11) is 2.16. The van der Waals surface area contributed by atoms with Gasteiger partial charge in [-0.05, 0) is 31.2 Å². The van der Waals surface area contributed by atoms with E-state index in [1.807, 2.05) is 5.51 Å². The van der Waals surface area contributed by atoms with Crippen LogP contribution in [0.2, 0.25) is 0 Å². The van der Waals surface area contributed by atoms with Gasteiger partial charge in [-0.3, -0.25) is 0 Å². The lowest BCUT2D eigenvalue weighted by molar-refractivity contribution is 0.228. The summed E-state index contributed by atoms with van der Waals surface area (Å²) in [4.78, 5) is 6.67. The molecule has 1 aromatic heterocycles. The van der Waals surface area contributed by atoms with Crippen molar-refractivity contribution >= 4 is 11.3 Å². The van der Waals surface area contributed by atoms with Gasteiger partial charge >= 0.3 is 0 Å². The van der Waals surface area contributed by atoms with Gasteiger partial charge in [-0.1, -0.05) is 13.8 Å². The van der Waals surface area contributed by atoms with Crippen molar-refractivity contribution in [1.82, 2.24) is 9.88 Å². The van der Waals surface area contributed by atoms with Crippen LogP contribution in [0, 0.1) is 11.3 Å². The normalized spacial score (nSPS) is 27.8. The van der Waals surface area contributed by atoms with Crippen molar-refractivity contribution in [3.8, 4) is 0 Å². The van der Waals surface area contributed by atoms with E-state index < -0.39 is 0 Å². The molecule has 2 unspecified atom stereocenters. The lowest BCUT2D eigenvalue weighted by Crippen LogP contribution is -2.41. The average Bonchev–Trinajstić information content (AvgIpc) is 2.82. The smallest absolute Gasteiger partial charge is 0.0795 e. The molecule has 0 aliphatic heterocycles. The summed E-state index contributed by atoms with van der Waals surface area (Å²) in [6, 6.07) is 0.334. The van der Waals surface area contributed by atoms with E-state index >= 15 is 0 Å². The van der Waals surface area contributed by atoms with Crippen LogP contribution in [0.5, 0.6) is 0 Å². The average molecular weight is 253 g/mol. The van der Waals surface area contributed by atoms with Gasteiger partial charge in [0, 0.05) is 24.5 Å². The van der Waals surface area contributed by atoms with Crippen molar-refractivity contribution < 1.29 is 0 Å². The molecule has 96 valence electrons. The minimum Gasteiger partial charge on any atom is -0.327 e. The monoisotopic (exact) mass is 253 g/mol. The van der Waals surface area contributed by atoms with E-state index in [2.05, 4.69) is 36.2 Å². The Morgan fingerprint density at radius 1 is 1.59 bits per heavy atom. The first-order valence-electron chi connectivity index (χ1n) is 6.30. The van der Waals surface area contributed by atoms with Gasteiger partial charge in [0.25, 0.3) is 0 Å². The SMILES string of the molecule is CN(Cc1cscn1)CC1CCC(C)(C)C1N. The summed E-state index contributed by atoms with van der Waals surface area (Å²) in [6.07, 6.45) is 2.51. The van der Waals surface area contributed by atoms with Crippen molar-refractivity contribution in [3.05, 3.63) is 16.6 Å². The van der Waals surface area contributed by atoms with E-state index in [0.717, 1.165) is 13.1 Å². The number of nitrogens with zero attached hydrogens (tertiary/aromatic N) is 2. The highest BCUT2D eigenvalue weighted by molar-refractivity contribution is 7.07. The third-order valence-electron chi connectivity index (χ3n) is 4.03. The summed E-state index contributed by atoms with van der Waals surface area (Å²) in [5.41, 5.74) is 9.72. The van der Waals surface area contributed by atoms with Crippen LogP contribution in [0.1, 0.15) is 32.4 Å². The number of hydrogen-bond donors (Lipinski definition) is 1. The first-order valence-corrected chi connectivity index (χ1v) is 7.24. The predicted octanol–water partition coefficient (Wildman–Crippen LogP) is 2.34. The zero-order valence-corrected chi connectivity index (χ0v) is 11.8. The Morgan fingerprint density at radius 3 is 2.88 bits per heavy atom. The quantitative estimate of drug-likeness (QED) is 0.895. The lowest BCUT2D eigenvalue weighted by Gasteiger charge is -2.29. The molecule has 0 aromatic carbocycles. The summed E-state index contributed by atoms with van der Waals surface area (Å²) < 4.78 is 0. The number of rotatable bonds is 4. The molecule has 1 saturated carbocycles. The Balaban J connectivity index is 1.85. The highest BCUT2D eigenvalue weighted by atomic mass is 32.1. The molecule has 4 heteroatoms. The fourth-order valence-corrected chi connectivity index (χ4v) is 3.35. The van der Waals surface area contributed by atoms with Gasteiger partial charge in [-0.25, -0.2) is 4.98 Å². The second-order valence-corrected chi connectivity index (χ2v) is 6.71. The van der Waals surface area contributed by atoms with Crippen LogP contribution >= 0.6 is 11.3 Å². The number of hydrogen-bond acceptors (Lipinski definition) is 4. The van der Waals surface area contributed by atoms with Crippen molar-refractivity contribution in [1.29, 1.82) is 0 Å². The van der Waals surface area contributed by atoms with Crippen molar-refractivity contribution in [2.24, 2.45) is 17.1 Å². The van der Waals surface area contributed by atoms with Crippen LogP contribution in [-0.4, -0.2) is 29.5 Å². The molecule has 0 amide bonds. The van der Waals surface area contributed by atoms with Gasteiger partial charge in [0.05, 0.1) is 11.2 Å². The molecule has 0 spiro atoms. The van der Waals surface area contributed by atoms with Crippen molar-refractivity contribution in [3.63, 3.8) is 0 Å². The molecule has 0 bridgehead atoms. The van der Waals surface area contributed by atoms with E-state index in [9.17, 15) is 0 Å². The highest BCUT2D eigenvalue weighted by Crippen LogP contribution is 2.40. The van der Waals surface area contributed by atoms with Crippen LogP contribution in [0.15, 0.2) is 10.9 Å². The highest BCUT2D eigenvalue weighted by Gasteiger charge is 2.39. The Labute approximate surface area is 108 Å². The summed E-state index contributed by atoms with van der Waals surface area (Å²) in [6.45, 7) is 6.60. The van der Waals surface area contributed by atoms with Crippen LogP contribution in [0.25, 0.3) is 0 Å². The molecular weight excluding hydrogens is 230 g/mol. The Hall–Kier alpha value is -0.450. The standard InChI is InChI=1S/C13H23N3S/c1-13(2)5-4-10(12(13)14)6-16(3)7-11-8-17-9-15-11/h8-10,12H,4-7,14H2,1-3H3. The third kappa shape index (κ3) is 3.06. The van der Waals surface area contributed by atoms with Gasteiger partial charge in [0.15, 0.2) is 0 Å². The fraction of sp³-hybridized carbons (Fsp3) is 0.769. The van der Waals surface area contributed by atoms with E-state index in [4.69, 9.17) is 5.73 Å². The molecule has 3 nitrogen and oxygen atoms in total.